The van der Waals surface area contributed by atoms with Gasteiger partial charge in [0.1, 0.15) is 11.6 Å². The summed E-state index contributed by atoms with van der Waals surface area (Å²) in [6.45, 7) is 0.537. The van der Waals surface area contributed by atoms with Crippen LogP contribution < -0.4 is 15.9 Å². The summed E-state index contributed by atoms with van der Waals surface area (Å²) in [7, 11) is 0. The van der Waals surface area contributed by atoms with Crippen LogP contribution in [0, 0.1) is 0 Å². The van der Waals surface area contributed by atoms with Gasteiger partial charge < -0.3 is 16.0 Å². The predicted molar refractivity (Wildman–Crippen MR) is 60.9 cm³/mol. The SMILES string of the molecule is Nc1cccc(NCc2csc(=O)[nH]2)n1. The van der Waals surface area contributed by atoms with Crippen molar-refractivity contribution >= 4 is 23.0 Å². The first-order chi connectivity index (χ1) is 7.24. The van der Waals surface area contributed by atoms with E-state index in [4.69, 9.17) is 5.73 Å². The molecule has 0 aromatic carbocycles. The van der Waals surface area contributed by atoms with Crippen molar-refractivity contribution in [2.45, 2.75) is 6.54 Å². The lowest BCUT2D eigenvalue weighted by atomic mass is 10.4. The molecule has 0 saturated heterocycles. The Bertz CT molecular complexity index is 505. The van der Waals surface area contributed by atoms with Crippen LogP contribution in [0.3, 0.4) is 0 Å². The molecule has 2 heterocycles. The van der Waals surface area contributed by atoms with Gasteiger partial charge in [-0.25, -0.2) is 4.98 Å². The van der Waals surface area contributed by atoms with Gasteiger partial charge in [-0.15, -0.1) is 0 Å². The smallest absolute Gasteiger partial charge is 0.304 e. The van der Waals surface area contributed by atoms with Gasteiger partial charge in [0.2, 0.25) is 0 Å². The van der Waals surface area contributed by atoms with Gasteiger partial charge in [0.25, 0.3) is 0 Å². The van der Waals surface area contributed by atoms with Crippen molar-refractivity contribution < 1.29 is 0 Å². The molecular formula is C9H10N4OS. The summed E-state index contributed by atoms with van der Waals surface area (Å²) in [6.07, 6.45) is 0. The third kappa shape index (κ3) is 2.57. The first kappa shape index (κ1) is 9.72. The summed E-state index contributed by atoms with van der Waals surface area (Å²) in [6, 6.07) is 5.36. The molecule has 0 aliphatic rings. The van der Waals surface area contributed by atoms with Crippen LogP contribution in [0.5, 0.6) is 0 Å². The van der Waals surface area contributed by atoms with E-state index in [9.17, 15) is 4.79 Å². The summed E-state index contributed by atoms with van der Waals surface area (Å²) < 4.78 is 0. The van der Waals surface area contributed by atoms with E-state index in [1.807, 2.05) is 12.1 Å². The van der Waals surface area contributed by atoms with Crippen molar-refractivity contribution in [1.29, 1.82) is 0 Å². The number of aromatic nitrogens is 2. The van der Waals surface area contributed by atoms with Crippen LogP contribution in [-0.4, -0.2) is 9.97 Å². The molecule has 0 unspecified atom stereocenters. The number of H-pyrrole nitrogens is 1. The molecule has 2 aromatic rings. The predicted octanol–water partition coefficient (Wildman–Crippen LogP) is 1.03. The summed E-state index contributed by atoms with van der Waals surface area (Å²) in [5.41, 5.74) is 6.37. The molecule has 78 valence electrons. The van der Waals surface area contributed by atoms with Crippen LogP contribution in [0.15, 0.2) is 28.4 Å². The fourth-order valence-electron chi connectivity index (χ4n) is 1.14. The first-order valence-electron chi connectivity index (χ1n) is 4.37. The van der Waals surface area contributed by atoms with Crippen LogP contribution in [0.25, 0.3) is 0 Å². The molecular weight excluding hydrogens is 212 g/mol. The summed E-state index contributed by atoms with van der Waals surface area (Å²) >= 11 is 1.15. The number of aromatic amines is 1. The minimum atomic E-state index is -0.0488. The number of hydrogen-bond donors (Lipinski definition) is 3. The second-order valence-electron chi connectivity index (χ2n) is 2.97. The van der Waals surface area contributed by atoms with Crippen LogP contribution >= 0.6 is 11.3 Å². The second-order valence-corrected chi connectivity index (χ2v) is 3.82. The van der Waals surface area contributed by atoms with Crippen LogP contribution in [0.1, 0.15) is 5.69 Å². The van der Waals surface area contributed by atoms with E-state index in [0.717, 1.165) is 17.0 Å². The third-order valence-corrected chi connectivity index (χ3v) is 2.52. The number of nitrogens with zero attached hydrogens (tertiary/aromatic N) is 1. The number of rotatable bonds is 3. The van der Waals surface area contributed by atoms with Gasteiger partial charge in [0.15, 0.2) is 0 Å². The Morgan fingerprint density at radius 3 is 3.07 bits per heavy atom. The largest absolute Gasteiger partial charge is 0.384 e. The summed E-state index contributed by atoms with van der Waals surface area (Å²) in [5.74, 6) is 1.17. The van der Waals surface area contributed by atoms with Gasteiger partial charge in [-0.3, -0.25) is 4.79 Å². The van der Waals surface area contributed by atoms with Gasteiger partial charge in [0, 0.05) is 11.1 Å². The summed E-state index contributed by atoms with van der Waals surface area (Å²) in [4.78, 5) is 17.6. The summed E-state index contributed by atoms with van der Waals surface area (Å²) in [5, 5.41) is 4.84. The van der Waals surface area contributed by atoms with E-state index in [1.165, 1.54) is 0 Å². The molecule has 0 fully saturated rings. The highest BCUT2D eigenvalue weighted by Gasteiger charge is 1.97. The zero-order chi connectivity index (χ0) is 10.7. The first-order valence-corrected chi connectivity index (χ1v) is 5.25. The van der Waals surface area contributed by atoms with E-state index >= 15 is 0 Å². The van der Waals surface area contributed by atoms with Crippen LogP contribution in [0.4, 0.5) is 11.6 Å². The molecule has 0 radical (unpaired) electrons. The van der Waals surface area contributed by atoms with Crippen molar-refractivity contribution in [2.75, 3.05) is 11.1 Å². The minimum absolute atomic E-state index is 0.0488. The molecule has 0 spiro atoms. The molecule has 0 saturated carbocycles. The van der Waals surface area contributed by atoms with Crippen molar-refractivity contribution in [1.82, 2.24) is 9.97 Å². The van der Waals surface area contributed by atoms with E-state index in [1.54, 1.807) is 11.4 Å². The number of nitrogens with two attached hydrogens (primary N) is 1. The molecule has 2 rings (SSSR count). The van der Waals surface area contributed by atoms with Crippen molar-refractivity contribution in [3.05, 3.63) is 38.9 Å². The van der Waals surface area contributed by atoms with Gasteiger partial charge in [-0.2, -0.15) is 0 Å². The fraction of sp³-hybridized carbons (Fsp3) is 0.111. The standard InChI is InChI=1S/C9H10N4OS/c10-7-2-1-3-8(13-7)11-4-6-5-15-9(14)12-6/h1-3,5H,4H2,(H,12,14)(H3,10,11,13). The Kier molecular flexibility index (Phi) is 2.68. The average molecular weight is 222 g/mol. The number of pyridine rings is 1. The minimum Gasteiger partial charge on any atom is -0.384 e. The molecule has 15 heavy (non-hydrogen) atoms. The maximum atomic E-state index is 10.9. The highest BCUT2D eigenvalue weighted by molar-refractivity contribution is 7.07. The Hall–Kier alpha value is -1.82. The Morgan fingerprint density at radius 2 is 2.40 bits per heavy atom. The molecule has 0 amide bonds. The number of anilines is 2. The Morgan fingerprint density at radius 1 is 1.53 bits per heavy atom. The monoisotopic (exact) mass is 222 g/mol. The molecule has 0 bridgehead atoms. The Labute approximate surface area is 90.0 Å². The van der Waals surface area contributed by atoms with Crippen molar-refractivity contribution in [3.63, 3.8) is 0 Å². The lowest BCUT2D eigenvalue weighted by Crippen LogP contribution is -2.04. The highest BCUT2D eigenvalue weighted by atomic mass is 32.1. The molecule has 6 heteroatoms. The molecule has 0 atom stereocenters. The lowest BCUT2D eigenvalue weighted by molar-refractivity contribution is 1.04. The normalized spacial score (nSPS) is 10.1. The molecule has 0 aliphatic carbocycles. The number of nitrogens with one attached hydrogen (secondary N) is 2. The van der Waals surface area contributed by atoms with Gasteiger partial charge in [-0.05, 0) is 12.1 Å². The molecule has 4 N–H and O–H groups in total. The van der Waals surface area contributed by atoms with Gasteiger partial charge >= 0.3 is 4.87 Å². The molecule has 2 aromatic heterocycles. The van der Waals surface area contributed by atoms with Gasteiger partial charge in [-0.1, -0.05) is 17.4 Å². The van der Waals surface area contributed by atoms with E-state index in [0.29, 0.717) is 18.2 Å². The molecule has 0 aliphatic heterocycles. The number of thiazole rings is 1. The van der Waals surface area contributed by atoms with E-state index in [2.05, 4.69) is 15.3 Å². The quantitative estimate of drug-likeness (QED) is 0.724. The number of nitrogen functional groups attached to an aromatic ring is 1. The van der Waals surface area contributed by atoms with Gasteiger partial charge in [0.05, 0.1) is 6.54 Å². The topological polar surface area (TPSA) is 83.8 Å². The third-order valence-electron chi connectivity index (χ3n) is 1.80. The Balaban J connectivity index is 2.02. The second kappa shape index (κ2) is 4.14. The van der Waals surface area contributed by atoms with Crippen molar-refractivity contribution in [2.24, 2.45) is 0 Å². The maximum absolute atomic E-state index is 10.9. The van der Waals surface area contributed by atoms with Crippen LogP contribution in [-0.2, 0) is 6.54 Å². The molecule has 5 nitrogen and oxygen atoms in total. The van der Waals surface area contributed by atoms with Crippen molar-refractivity contribution in [3.8, 4) is 0 Å². The van der Waals surface area contributed by atoms with E-state index in [-0.39, 0.29) is 4.87 Å². The van der Waals surface area contributed by atoms with E-state index < -0.39 is 0 Å². The average Bonchev–Trinajstić information content (AvgIpc) is 2.62. The zero-order valence-corrected chi connectivity index (χ0v) is 8.67. The zero-order valence-electron chi connectivity index (χ0n) is 7.86. The fourth-order valence-corrected chi connectivity index (χ4v) is 1.72. The lowest BCUT2D eigenvalue weighted by Gasteiger charge is -2.03. The highest BCUT2D eigenvalue weighted by Crippen LogP contribution is 2.07. The maximum Gasteiger partial charge on any atom is 0.304 e. The number of hydrogen-bond acceptors (Lipinski definition) is 5. The van der Waals surface area contributed by atoms with Crippen LogP contribution in [0.2, 0.25) is 0 Å².